The summed E-state index contributed by atoms with van der Waals surface area (Å²) in [5.74, 6) is -2.50. The number of nitrogens with one attached hydrogen (secondary N) is 2. The fourth-order valence-electron chi connectivity index (χ4n) is 3.58. The molecule has 0 spiro atoms. The fraction of sp³-hybridized carbons (Fsp3) is 0.192. The number of benzene rings is 2. The first-order chi connectivity index (χ1) is 19.0. The molecule has 1 unspecified atom stereocenters. The minimum absolute atomic E-state index is 0.0672. The van der Waals surface area contributed by atoms with Crippen LogP contribution in [-0.4, -0.2) is 51.2 Å². The number of aromatic nitrogens is 1. The monoisotopic (exact) mass is 593 g/mol. The van der Waals surface area contributed by atoms with Crippen LogP contribution in [0.15, 0.2) is 65.9 Å². The Morgan fingerprint density at radius 1 is 1.12 bits per heavy atom. The third kappa shape index (κ3) is 7.87. The first-order valence-corrected chi connectivity index (χ1v) is 12.4. The van der Waals surface area contributed by atoms with Crippen LogP contribution in [0.4, 0.5) is 25.0 Å². The topological polar surface area (TPSA) is 133 Å². The fourth-order valence-corrected chi connectivity index (χ4v) is 3.79. The maximum absolute atomic E-state index is 13.0. The summed E-state index contributed by atoms with van der Waals surface area (Å²) in [6.07, 6.45) is 1.39. The number of urea groups is 1. The molecule has 0 saturated carbocycles. The molecular weight excluding hydrogens is 571 g/mol. The number of ether oxygens (including phenoxy) is 1. The second kappa shape index (κ2) is 13.7. The van der Waals surface area contributed by atoms with Crippen molar-refractivity contribution in [1.82, 2.24) is 10.4 Å². The van der Waals surface area contributed by atoms with E-state index in [2.05, 4.69) is 20.8 Å². The van der Waals surface area contributed by atoms with E-state index in [1.807, 2.05) is 31.2 Å². The Labute approximate surface area is 237 Å². The van der Waals surface area contributed by atoms with E-state index in [-0.39, 0.29) is 34.6 Å². The summed E-state index contributed by atoms with van der Waals surface area (Å²) in [5, 5.41) is 15.0. The van der Waals surface area contributed by atoms with Crippen molar-refractivity contribution >= 4 is 58.2 Å². The molecule has 14 heteroatoms. The number of pyridine rings is 1. The van der Waals surface area contributed by atoms with Crippen molar-refractivity contribution in [2.45, 2.75) is 24.7 Å². The Morgan fingerprint density at radius 2 is 1.80 bits per heavy atom. The van der Waals surface area contributed by atoms with E-state index < -0.39 is 28.5 Å². The Balaban J connectivity index is 0.000000238. The zero-order valence-electron chi connectivity index (χ0n) is 21.1. The zero-order valence-corrected chi connectivity index (χ0v) is 22.6. The summed E-state index contributed by atoms with van der Waals surface area (Å²) >= 11 is 11.3. The van der Waals surface area contributed by atoms with Crippen LogP contribution < -0.4 is 20.4 Å². The normalized spacial score (nSPS) is 14.3. The quantitative estimate of drug-likeness (QED) is 0.211. The number of hydrogen-bond acceptors (Lipinski definition) is 6. The lowest BCUT2D eigenvalue weighted by Gasteiger charge is -2.35. The molecule has 2 aromatic carbocycles. The number of carboxylic acids is 1. The zero-order chi connectivity index (χ0) is 29.4. The van der Waals surface area contributed by atoms with Gasteiger partial charge in [-0.2, -0.15) is 5.10 Å². The summed E-state index contributed by atoms with van der Waals surface area (Å²) in [6, 6.07) is 11.8. The number of rotatable bonds is 5. The lowest BCUT2D eigenvalue weighted by molar-refractivity contribution is -0.117. The Morgan fingerprint density at radius 3 is 2.45 bits per heavy atom. The number of amides is 3. The van der Waals surface area contributed by atoms with Gasteiger partial charge in [-0.25, -0.2) is 23.8 Å². The van der Waals surface area contributed by atoms with Gasteiger partial charge in [0.1, 0.15) is 29.7 Å². The average Bonchev–Trinajstić information content (AvgIpc) is 2.91. The number of fused-ring (bicyclic) bond motifs is 1. The van der Waals surface area contributed by atoms with Gasteiger partial charge in [0.25, 0.3) is 5.91 Å². The predicted octanol–water partition coefficient (Wildman–Crippen LogP) is 5.21. The summed E-state index contributed by atoms with van der Waals surface area (Å²) in [7, 11) is 0. The van der Waals surface area contributed by atoms with E-state index in [0.29, 0.717) is 18.4 Å². The molecule has 4 rings (SSSR count). The second-order valence-electron chi connectivity index (χ2n) is 8.26. The lowest BCUT2D eigenvalue weighted by atomic mass is 10.1. The van der Waals surface area contributed by atoms with Crippen LogP contribution >= 0.6 is 23.2 Å². The smallest absolute Gasteiger partial charge is 0.339 e. The highest BCUT2D eigenvalue weighted by Gasteiger charge is 2.32. The first-order valence-electron chi connectivity index (χ1n) is 11.6. The Bertz CT molecular complexity index is 1420. The predicted molar refractivity (Wildman–Crippen MR) is 146 cm³/mol. The summed E-state index contributed by atoms with van der Waals surface area (Å²) in [5.41, 5.74) is 2.88. The largest absolute Gasteiger partial charge is 0.489 e. The third-order valence-electron chi connectivity index (χ3n) is 5.30. The van der Waals surface area contributed by atoms with E-state index >= 15 is 0 Å². The van der Waals surface area contributed by atoms with Crippen LogP contribution in [0.1, 0.15) is 29.9 Å². The number of anilines is 2. The van der Waals surface area contributed by atoms with Gasteiger partial charge in [-0.15, -0.1) is 0 Å². The maximum atomic E-state index is 13.0. The number of alkyl halides is 2. The van der Waals surface area contributed by atoms with Crippen molar-refractivity contribution < 1.29 is 33.0 Å². The maximum Gasteiger partial charge on any atom is 0.339 e. The summed E-state index contributed by atoms with van der Waals surface area (Å²) in [4.78, 5) is 39.1. The molecular formula is C26H23Cl2F2N5O5. The third-order valence-corrected chi connectivity index (χ3v) is 5.67. The van der Waals surface area contributed by atoms with Crippen LogP contribution in [0.3, 0.4) is 0 Å². The van der Waals surface area contributed by atoms with E-state index in [4.69, 9.17) is 33.0 Å². The van der Waals surface area contributed by atoms with Gasteiger partial charge in [0.05, 0.1) is 23.0 Å². The molecule has 3 aromatic rings. The molecule has 10 nitrogen and oxygen atoms in total. The number of carboxylic acid groups (broad SMARTS) is 1. The van der Waals surface area contributed by atoms with Crippen molar-refractivity contribution in [3.63, 3.8) is 0 Å². The molecule has 1 aliphatic heterocycles. The van der Waals surface area contributed by atoms with Gasteiger partial charge in [-0.1, -0.05) is 35.3 Å². The van der Waals surface area contributed by atoms with Crippen LogP contribution in [-0.2, 0) is 4.79 Å². The van der Waals surface area contributed by atoms with Gasteiger partial charge < -0.3 is 20.1 Å². The number of nitrogens with zero attached hydrogens (tertiary/aromatic N) is 3. The number of halogens is 4. The molecule has 3 amide bonds. The number of hydrazone groups is 1. The van der Waals surface area contributed by atoms with Crippen molar-refractivity contribution in [2.75, 3.05) is 16.8 Å². The molecule has 3 N–H and O–H groups in total. The molecule has 0 saturated heterocycles. The Hall–Kier alpha value is -4.29. The number of para-hydroxylation sites is 2. The highest BCUT2D eigenvalue weighted by Crippen LogP contribution is 2.34. The van der Waals surface area contributed by atoms with E-state index in [9.17, 15) is 23.2 Å². The summed E-state index contributed by atoms with van der Waals surface area (Å²) < 4.78 is 31.6. The molecule has 0 fully saturated rings. The van der Waals surface area contributed by atoms with Gasteiger partial charge in [-0.3, -0.25) is 9.78 Å². The highest BCUT2D eigenvalue weighted by atomic mass is 35.5. The van der Waals surface area contributed by atoms with E-state index in [1.165, 1.54) is 25.3 Å². The Kier molecular flexibility index (Phi) is 10.3. The molecule has 1 atom stereocenters. The molecule has 0 aliphatic carbocycles. The number of hydrogen-bond donors (Lipinski definition) is 3. The van der Waals surface area contributed by atoms with Crippen LogP contribution in [0, 0.1) is 11.6 Å². The number of carbonyl (C=O) groups excluding carboxylic acids is 2. The minimum Gasteiger partial charge on any atom is -0.489 e. The van der Waals surface area contributed by atoms with Gasteiger partial charge in [0, 0.05) is 18.0 Å². The van der Waals surface area contributed by atoms with Crippen molar-refractivity contribution in [3.8, 4) is 5.75 Å². The van der Waals surface area contributed by atoms with Gasteiger partial charge in [-0.05, 0) is 50.2 Å². The molecule has 0 radical (unpaired) electrons. The molecule has 1 aliphatic rings. The summed E-state index contributed by atoms with van der Waals surface area (Å²) in [6.45, 7) is 3.80. The highest BCUT2D eigenvalue weighted by molar-refractivity contribution is 6.54. The molecule has 40 heavy (non-hydrogen) atoms. The van der Waals surface area contributed by atoms with E-state index in [0.717, 1.165) is 17.8 Å². The number of carbonyl (C=O) groups is 3. The lowest BCUT2D eigenvalue weighted by Crippen LogP contribution is -2.47. The van der Waals surface area contributed by atoms with Crippen LogP contribution in [0.5, 0.6) is 5.75 Å². The van der Waals surface area contributed by atoms with Crippen LogP contribution in [0.25, 0.3) is 0 Å². The minimum atomic E-state index is -1.19. The van der Waals surface area contributed by atoms with Crippen molar-refractivity contribution in [1.29, 1.82) is 0 Å². The van der Waals surface area contributed by atoms with Crippen molar-refractivity contribution in [2.24, 2.45) is 5.10 Å². The van der Waals surface area contributed by atoms with Gasteiger partial charge >= 0.3 is 12.0 Å². The second-order valence-corrected chi connectivity index (χ2v) is 9.36. The van der Waals surface area contributed by atoms with Gasteiger partial charge in [0.2, 0.25) is 0 Å². The molecule has 0 bridgehead atoms. The number of aromatic carboxylic acids is 1. The standard InChI is InChI=1S/C15H12F2N4O3.C11H11Cl2NO2/c1-8(13-12(14(22)23)3-2-4-18-13)20-21-15(24)19-11-6-9(16)5-10(17)7-11;1-7-6-16-9-5-3-2-4-8(9)14(7)11(15)10(12)13/h2-7H,1H3,(H,22,23)(H2,19,21,24);2-5,7,10H,6H2,1H3/b20-8+;. The SMILES string of the molecule is C/C(=N\NC(=O)Nc1cc(F)cc(F)c1)c1ncccc1C(=O)O.CC1COc2ccccc2N1C(=O)C(Cl)Cl. The van der Waals surface area contributed by atoms with Crippen molar-refractivity contribution in [3.05, 3.63) is 83.7 Å². The van der Waals surface area contributed by atoms with E-state index in [1.54, 1.807) is 4.90 Å². The molecule has 210 valence electrons. The average molecular weight is 594 g/mol. The first kappa shape index (κ1) is 30.3. The van der Waals surface area contributed by atoms with Gasteiger partial charge in [0.15, 0.2) is 4.84 Å². The molecule has 2 heterocycles. The molecule has 1 aromatic heterocycles. The van der Waals surface area contributed by atoms with Crippen LogP contribution in [0.2, 0.25) is 0 Å².